The monoisotopic (exact) mass is 301 g/mol. The Hall–Kier alpha value is -1.69. The van der Waals surface area contributed by atoms with Crippen molar-refractivity contribution in [1.82, 2.24) is 5.32 Å². The van der Waals surface area contributed by atoms with Gasteiger partial charge in [0.1, 0.15) is 5.75 Å². The summed E-state index contributed by atoms with van der Waals surface area (Å²) in [6.45, 7) is 2.87. The molecule has 1 aromatic rings. The summed E-state index contributed by atoms with van der Waals surface area (Å²) in [6, 6.07) is 5.99. The first kappa shape index (κ1) is 17.4. The lowest BCUT2D eigenvalue weighted by Gasteiger charge is -2.25. The fourth-order valence-electron chi connectivity index (χ4n) is 1.60. The van der Waals surface area contributed by atoms with E-state index >= 15 is 0 Å². The SMILES string of the molecule is CC(C)(C)C(O)CNC(=O)Cc1cccc(OC(F)F)c1. The van der Waals surface area contributed by atoms with Gasteiger partial charge in [-0.2, -0.15) is 8.78 Å². The van der Waals surface area contributed by atoms with Crippen molar-refractivity contribution in [3.63, 3.8) is 0 Å². The number of nitrogens with one attached hydrogen (secondary N) is 1. The van der Waals surface area contributed by atoms with Gasteiger partial charge in [-0.3, -0.25) is 4.79 Å². The number of hydrogen-bond donors (Lipinski definition) is 2. The molecular formula is C15H21F2NO3. The maximum atomic E-state index is 12.1. The second-order valence-electron chi connectivity index (χ2n) is 5.89. The highest BCUT2D eigenvalue weighted by atomic mass is 19.3. The Morgan fingerprint density at radius 3 is 2.62 bits per heavy atom. The number of amides is 1. The highest BCUT2D eigenvalue weighted by Crippen LogP contribution is 2.18. The molecule has 2 N–H and O–H groups in total. The summed E-state index contributed by atoms with van der Waals surface area (Å²) in [4.78, 5) is 11.8. The molecular weight excluding hydrogens is 280 g/mol. The van der Waals surface area contributed by atoms with Gasteiger partial charge < -0.3 is 15.2 Å². The Bertz CT molecular complexity index is 472. The number of ether oxygens (including phenoxy) is 1. The fourth-order valence-corrected chi connectivity index (χ4v) is 1.60. The molecule has 1 rings (SSSR count). The van der Waals surface area contributed by atoms with Gasteiger partial charge in [0, 0.05) is 6.54 Å². The summed E-state index contributed by atoms with van der Waals surface area (Å²) in [5.41, 5.74) is 0.245. The smallest absolute Gasteiger partial charge is 0.387 e. The zero-order valence-electron chi connectivity index (χ0n) is 12.4. The molecule has 21 heavy (non-hydrogen) atoms. The van der Waals surface area contributed by atoms with Gasteiger partial charge in [0.25, 0.3) is 0 Å². The topological polar surface area (TPSA) is 58.6 Å². The number of aliphatic hydroxyl groups excluding tert-OH is 1. The lowest BCUT2D eigenvalue weighted by atomic mass is 9.89. The molecule has 1 unspecified atom stereocenters. The van der Waals surface area contributed by atoms with Crippen molar-refractivity contribution >= 4 is 5.91 Å². The molecule has 0 saturated carbocycles. The molecule has 0 saturated heterocycles. The molecule has 0 heterocycles. The van der Waals surface area contributed by atoms with Crippen LogP contribution in [0.5, 0.6) is 5.75 Å². The van der Waals surface area contributed by atoms with Crippen molar-refractivity contribution in [2.75, 3.05) is 6.54 Å². The van der Waals surface area contributed by atoms with Crippen LogP contribution in [0.15, 0.2) is 24.3 Å². The zero-order chi connectivity index (χ0) is 16.0. The molecule has 0 spiro atoms. The van der Waals surface area contributed by atoms with Crippen molar-refractivity contribution in [2.45, 2.75) is 39.9 Å². The largest absolute Gasteiger partial charge is 0.435 e. The molecule has 0 aliphatic carbocycles. The van der Waals surface area contributed by atoms with Crippen molar-refractivity contribution < 1.29 is 23.4 Å². The lowest BCUT2D eigenvalue weighted by Crippen LogP contribution is -2.39. The molecule has 0 radical (unpaired) electrons. The minimum absolute atomic E-state index is 0.0185. The summed E-state index contributed by atoms with van der Waals surface area (Å²) < 4.78 is 28.5. The average molecular weight is 301 g/mol. The Morgan fingerprint density at radius 2 is 2.05 bits per heavy atom. The van der Waals surface area contributed by atoms with E-state index in [1.807, 2.05) is 20.8 Å². The minimum Gasteiger partial charge on any atom is -0.435 e. The van der Waals surface area contributed by atoms with Gasteiger partial charge in [-0.05, 0) is 23.1 Å². The summed E-state index contributed by atoms with van der Waals surface area (Å²) in [7, 11) is 0. The van der Waals surface area contributed by atoms with E-state index in [-0.39, 0.29) is 30.0 Å². The Kier molecular flexibility index (Phi) is 6.08. The number of rotatable bonds is 6. The van der Waals surface area contributed by atoms with Crippen LogP contribution >= 0.6 is 0 Å². The Morgan fingerprint density at radius 1 is 1.38 bits per heavy atom. The second-order valence-corrected chi connectivity index (χ2v) is 5.89. The average Bonchev–Trinajstić information content (AvgIpc) is 2.34. The molecule has 0 aliphatic heterocycles. The van der Waals surface area contributed by atoms with Crippen molar-refractivity contribution in [1.29, 1.82) is 0 Å². The number of carbonyl (C=O) groups is 1. The van der Waals surface area contributed by atoms with E-state index in [2.05, 4.69) is 10.1 Å². The van der Waals surface area contributed by atoms with Crippen LogP contribution in [0, 0.1) is 5.41 Å². The number of hydrogen-bond acceptors (Lipinski definition) is 3. The first-order valence-electron chi connectivity index (χ1n) is 6.67. The molecule has 1 aromatic carbocycles. The van der Waals surface area contributed by atoms with Gasteiger partial charge in [0.2, 0.25) is 5.91 Å². The Labute approximate surface area is 123 Å². The number of aliphatic hydroxyl groups is 1. The highest BCUT2D eigenvalue weighted by Gasteiger charge is 2.22. The van der Waals surface area contributed by atoms with Crippen molar-refractivity contribution in [3.8, 4) is 5.75 Å². The fraction of sp³-hybridized carbons (Fsp3) is 0.533. The number of carbonyl (C=O) groups excluding carboxylic acids is 1. The zero-order valence-corrected chi connectivity index (χ0v) is 12.4. The third kappa shape index (κ3) is 6.53. The van der Waals surface area contributed by atoms with E-state index in [1.165, 1.54) is 12.1 Å². The predicted octanol–water partition coefficient (Wildman–Crippen LogP) is 2.35. The van der Waals surface area contributed by atoms with Crippen LogP contribution in [0.25, 0.3) is 0 Å². The van der Waals surface area contributed by atoms with Crippen LogP contribution in [0.4, 0.5) is 8.78 Å². The molecule has 0 aromatic heterocycles. The molecule has 118 valence electrons. The molecule has 0 fully saturated rings. The normalized spacial score (nSPS) is 13.1. The van der Waals surface area contributed by atoms with Gasteiger partial charge in [-0.1, -0.05) is 32.9 Å². The summed E-state index contributed by atoms with van der Waals surface area (Å²) in [6.07, 6.45) is -0.618. The minimum atomic E-state index is -2.89. The summed E-state index contributed by atoms with van der Waals surface area (Å²) in [5.74, 6) is -0.266. The summed E-state index contributed by atoms with van der Waals surface area (Å²) in [5, 5.41) is 12.4. The molecule has 6 heteroatoms. The van der Waals surface area contributed by atoms with Crippen molar-refractivity contribution in [3.05, 3.63) is 29.8 Å². The van der Waals surface area contributed by atoms with Crippen LogP contribution in [0.3, 0.4) is 0 Å². The number of alkyl halides is 2. The quantitative estimate of drug-likeness (QED) is 0.848. The second kappa shape index (κ2) is 7.36. The van der Waals surface area contributed by atoms with E-state index in [4.69, 9.17) is 0 Å². The maximum absolute atomic E-state index is 12.1. The van der Waals surface area contributed by atoms with Gasteiger partial charge in [0.15, 0.2) is 0 Å². The molecule has 0 aliphatic rings. The molecule has 1 amide bonds. The van der Waals surface area contributed by atoms with E-state index in [0.717, 1.165) is 0 Å². The molecule has 4 nitrogen and oxygen atoms in total. The van der Waals surface area contributed by atoms with Crippen LogP contribution in [0.1, 0.15) is 26.3 Å². The standard InChI is InChI=1S/C15H21F2NO3/c1-15(2,3)12(19)9-18-13(20)8-10-5-4-6-11(7-10)21-14(16)17/h4-7,12,14,19H,8-9H2,1-3H3,(H,18,20). The van der Waals surface area contributed by atoms with Crippen molar-refractivity contribution in [2.24, 2.45) is 5.41 Å². The van der Waals surface area contributed by atoms with Crippen LogP contribution in [0.2, 0.25) is 0 Å². The van der Waals surface area contributed by atoms with Crippen LogP contribution in [-0.2, 0) is 11.2 Å². The molecule has 1 atom stereocenters. The summed E-state index contributed by atoms with van der Waals surface area (Å²) >= 11 is 0. The van der Waals surface area contributed by atoms with Gasteiger partial charge >= 0.3 is 6.61 Å². The van der Waals surface area contributed by atoms with E-state index in [9.17, 15) is 18.7 Å². The van der Waals surface area contributed by atoms with Crippen LogP contribution in [-0.4, -0.2) is 30.3 Å². The van der Waals surface area contributed by atoms with Gasteiger partial charge in [-0.15, -0.1) is 0 Å². The third-order valence-electron chi connectivity index (χ3n) is 2.98. The van der Waals surface area contributed by atoms with Crippen LogP contribution < -0.4 is 10.1 Å². The Balaban J connectivity index is 2.51. The lowest BCUT2D eigenvalue weighted by molar-refractivity contribution is -0.121. The highest BCUT2D eigenvalue weighted by molar-refractivity contribution is 5.78. The van der Waals surface area contributed by atoms with E-state index < -0.39 is 12.7 Å². The van der Waals surface area contributed by atoms with Gasteiger partial charge in [-0.25, -0.2) is 0 Å². The predicted molar refractivity (Wildman–Crippen MR) is 75.2 cm³/mol. The first-order valence-corrected chi connectivity index (χ1v) is 6.67. The number of halogens is 2. The first-order chi connectivity index (χ1) is 9.68. The van der Waals surface area contributed by atoms with Gasteiger partial charge in [0.05, 0.1) is 12.5 Å². The number of benzene rings is 1. The third-order valence-corrected chi connectivity index (χ3v) is 2.98. The molecule has 0 bridgehead atoms. The van der Waals surface area contributed by atoms with E-state index in [0.29, 0.717) is 5.56 Å². The van der Waals surface area contributed by atoms with E-state index in [1.54, 1.807) is 12.1 Å². The maximum Gasteiger partial charge on any atom is 0.387 e.